The summed E-state index contributed by atoms with van der Waals surface area (Å²) in [5.41, 5.74) is 1.68. The van der Waals surface area contributed by atoms with Gasteiger partial charge in [0.15, 0.2) is 6.29 Å². The molecule has 0 atom stereocenters. The van der Waals surface area contributed by atoms with E-state index in [1.165, 1.54) is 7.11 Å². The molecule has 2 rings (SSSR count). The molecule has 2 aromatic heterocycles. The molecule has 2 aromatic rings. The van der Waals surface area contributed by atoms with Crippen LogP contribution in [0.15, 0.2) is 12.1 Å². The number of aryl methyl sites for hydroxylation is 1. The van der Waals surface area contributed by atoms with E-state index in [-0.39, 0.29) is 5.69 Å². The number of methoxy groups -OCH3 is 1. The molecule has 0 aliphatic heterocycles. The third-order valence-electron chi connectivity index (χ3n) is 2.07. The van der Waals surface area contributed by atoms with Crippen molar-refractivity contribution in [2.24, 2.45) is 0 Å². The maximum absolute atomic E-state index is 10.7. The fourth-order valence-electron chi connectivity index (χ4n) is 1.35. The van der Waals surface area contributed by atoms with Crippen molar-refractivity contribution in [3.8, 4) is 5.88 Å². The van der Waals surface area contributed by atoms with E-state index in [4.69, 9.17) is 4.74 Å². The molecule has 2 heterocycles. The van der Waals surface area contributed by atoms with E-state index in [1.807, 2.05) is 13.0 Å². The van der Waals surface area contributed by atoms with Gasteiger partial charge in [-0.05, 0) is 19.1 Å². The lowest BCUT2D eigenvalue weighted by Crippen LogP contribution is -1.99. The fraction of sp³-hybridized carbons (Fsp3) is 0.200. The first-order valence-electron chi connectivity index (χ1n) is 4.39. The van der Waals surface area contributed by atoms with Gasteiger partial charge in [0.25, 0.3) is 5.88 Å². The van der Waals surface area contributed by atoms with Crippen LogP contribution in [-0.4, -0.2) is 28.6 Å². The minimum Gasteiger partial charge on any atom is -0.478 e. The van der Waals surface area contributed by atoms with Crippen LogP contribution in [0.3, 0.4) is 0 Å². The Morgan fingerprint density at radius 1 is 1.33 bits per heavy atom. The fourth-order valence-corrected chi connectivity index (χ4v) is 1.35. The zero-order valence-electron chi connectivity index (χ0n) is 8.39. The van der Waals surface area contributed by atoms with Crippen LogP contribution in [0.5, 0.6) is 5.88 Å². The van der Waals surface area contributed by atoms with Gasteiger partial charge in [-0.2, -0.15) is 0 Å². The van der Waals surface area contributed by atoms with E-state index in [0.717, 1.165) is 5.69 Å². The van der Waals surface area contributed by atoms with Crippen LogP contribution in [0.2, 0.25) is 0 Å². The maximum Gasteiger partial charge on any atom is 0.260 e. The number of carbonyl (C=O) groups is 1. The minimum atomic E-state index is 0.276. The number of ether oxygens (including phenoxy) is 1. The topological polar surface area (TPSA) is 65.0 Å². The molecule has 0 saturated heterocycles. The Balaban J connectivity index is 2.86. The number of nitrogens with zero attached hydrogens (tertiary/aromatic N) is 3. The van der Waals surface area contributed by atoms with Gasteiger partial charge in [0.1, 0.15) is 11.2 Å². The molecule has 0 spiro atoms. The summed E-state index contributed by atoms with van der Waals surface area (Å²) in [7, 11) is 1.49. The first-order valence-corrected chi connectivity index (χ1v) is 4.39. The Morgan fingerprint density at radius 3 is 2.80 bits per heavy atom. The van der Waals surface area contributed by atoms with Crippen LogP contribution >= 0.6 is 0 Å². The van der Waals surface area contributed by atoms with Crippen LogP contribution in [0.4, 0.5) is 0 Å². The third-order valence-corrected chi connectivity index (χ3v) is 2.07. The van der Waals surface area contributed by atoms with Gasteiger partial charge >= 0.3 is 0 Å². The molecule has 0 radical (unpaired) electrons. The highest BCUT2D eigenvalue weighted by atomic mass is 16.5. The van der Waals surface area contributed by atoms with Crippen molar-refractivity contribution in [3.63, 3.8) is 0 Å². The van der Waals surface area contributed by atoms with Crippen molar-refractivity contribution in [2.75, 3.05) is 7.11 Å². The van der Waals surface area contributed by atoms with Gasteiger partial charge in [0, 0.05) is 11.1 Å². The number of hydrogen-bond acceptors (Lipinski definition) is 5. The zero-order valence-corrected chi connectivity index (χ0v) is 8.39. The van der Waals surface area contributed by atoms with E-state index < -0.39 is 0 Å². The van der Waals surface area contributed by atoms with Crippen molar-refractivity contribution in [3.05, 3.63) is 23.5 Å². The van der Waals surface area contributed by atoms with Crippen LogP contribution in [0, 0.1) is 6.92 Å². The van der Waals surface area contributed by atoms with Crippen molar-refractivity contribution in [1.29, 1.82) is 0 Å². The Morgan fingerprint density at radius 2 is 2.13 bits per heavy atom. The van der Waals surface area contributed by atoms with Gasteiger partial charge in [0.05, 0.1) is 7.11 Å². The van der Waals surface area contributed by atoms with Gasteiger partial charge in [0.2, 0.25) is 0 Å². The Bertz CT molecular complexity index is 525. The van der Waals surface area contributed by atoms with Gasteiger partial charge in [-0.1, -0.05) is 0 Å². The van der Waals surface area contributed by atoms with Crippen LogP contribution in [0.1, 0.15) is 16.2 Å². The van der Waals surface area contributed by atoms with E-state index >= 15 is 0 Å². The second kappa shape index (κ2) is 3.61. The smallest absolute Gasteiger partial charge is 0.260 e. The third kappa shape index (κ3) is 1.52. The molecule has 0 saturated carbocycles. The summed E-state index contributed by atoms with van der Waals surface area (Å²) in [6.45, 7) is 1.86. The second-order valence-electron chi connectivity index (χ2n) is 3.06. The summed E-state index contributed by atoms with van der Waals surface area (Å²) in [4.78, 5) is 15.0. The summed E-state index contributed by atoms with van der Waals surface area (Å²) in [5.74, 6) is 0.333. The highest BCUT2D eigenvalue weighted by Gasteiger charge is 2.10. The van der Waals surface area contributed by atoms with Crippen molar-refractivity contribution < 1.29 is 9.53 Å². The van der Waals surface area contributed by atoms with Crippen molar-refractivity contribution in [1.82, 2.24) is 15.2 Å². The standard InChI is InChI=1S/C10H9N3O2/c1-6-3-4-7-8(5-14)12-13-10(15-2)9(7)11-6/h3-5H,1-2H3. The van der Waals surface area contributed by atoms with Crippen LogP contribution in [-0.2, 0) is 0 Å². The number of carbonyl (C=O) groups excluding carboxylic acids is 1. The van der Waals surface area contributed by atoms with E-state index in [1.54, 1.807) is 6.07 Å². The van der Waals surface area contributed by atoms with E-state index in [9.17, 15) is 4.79 Å². The average molecular weight is 203 g/mol. The summed E-state index contributed by atoms with van der Waals surface area (Å²) in [5, 5.41) is 8.17. The normalized spacial score (nSPS) is 10.3. The van der Waals surface area contributed by atoms with Crippen LogP contribution in [0.25, 0.3) is 10.9 Å². The molecule has 0 aliphatic rings. The molecule has 0 bridgehead atoms. The number of aromatic nitrogens is 3. The molecule has 0 amide bonds. The molecule has 15 heavy (non-hydrogen) atoms. The molecule has 0 N–H and O–H groups in total. The monoisotopic (exact) mass is 203 g/mol. The molecule has 76 valence electrons. The first-order chi connectivity index (χ1) is 7.26. The predicted molar refractivity (Wildman–Crippen MR) is 54.0 cm³/mol. The number of aldehydes is 1. The highest BCUT2D eigenvalue weighted by molar-refractivity contribution is 5.95. The highest BCUT2D eigenvalue weighted by Crippen LogP contribution is 2.21. The molecule has 0 fully saturated rings. The summed E-state index contributed by atoms with van der Waals surface area (Å²) in [6, 6.07) is 3.61. The first kappa shape index (κ1) is 9.51. The number of pyridine rings is 1. The summed E-state index contributed by atoms with van der Waals surface area (Å²) >= 11 is 0. The van der Waals surface area contributed by atoms with Crippen LogP contribution < -0.4 is 4.74 Å². The Kier molecular flexibility index (Phi) is 2.29. The zero-order chi connectivity index (χ0) is 10.8. The summed E-state index contributed by atoms with van der Waals surface area (Å²) < 4.78 is 5.03. The molecule has 5 heteroatoms. The molecular weight excluding hydrogens is 194 g/mol. The molecular formula is C10H9N3O2. The lowest BCUT2D eigenvalue weighted by molar-refractivity contribution is 0.111. The predicted octanol–water partition coefficient (Wildman–Crippen LogP) is 1.15. The number of fused-ring (bicyclic) bond motifs is 1. The average Bonchev–Trinajstić information content (AvgIpc) is 2.27. The van der Waals surface area contributed by atoms with Crippen molar-refractivity contribution in [2.45, 2.75) is 6.92 Å². The van der Waals surface area contributed by atoms with Gasteiger partial charge in [-0.3, -0.25) is 4.79 Å². The van der Waals surface area contributed by atoms with Crippen molar-refractivity contribution >= 4 is 17.2 Å². The quantitative estimate of drug-likeness (QED) is 0.685. The minimum absolute atomic E-state index is 0.276. The summed E-state index contributed by atoms with van der Waals surface area (Å²) in [6.07, 6.45) is 0.659. The van der Waals surface area contributed by atoms with Gasteiger partial charge in [-0.25, -0.2) is 4.98 Å². The van der Waals surface area contributed by atoms with E-state index in [0.29, 0.717) is 23.1 Å². The van der Waals surface area contributed by atoms with E-state index in [2.05, 4.69) is 15.2 Å². The molecule has 0 unspecified atom stereocenters. The van der Waals surface area contributed by atoms with Gasteiger partial charge < -0.3 is 4.74 Å². The van der Waals surface area contributed by atoms with Gasteiger partial charge in [-0.15, -0.1) is 10.2 Å². The largest absolute Gasteiger partial charge is 0.478 e. The number of rotatable bonds is 2. The SMILES string of the molecule is COc1nnc(C=O)c2ccc(C)nc12. The molecule has 5 nitrogen and oxygen atoms in total. The lowest BCUT2D eigenvalue weighted by atomic mass is 10.2. The lowest BCUT2D eigenvalue weighted by Gasteiger charge is -2.04. The number of hydrogen-bond donors (Lipinski definition) is 0. The Labute approximate surface area is 86.1 Å². The molecule has 0 aliphatic carbocycles. The Hall–Kier alpha value is -2.04. The second-order valence-corrected chi connectivity index (χ2v) is 3.06. The molecule has 0 aromatic carbocycles. The maximum atomic E-state index is 10.7.